The number of carbonyl (C=O) groups excluding carboxylic acids is 2. The summed E-state index contributed by atoms with van der Waals surface area (Å²) in [4.78, 5) is 27.8. The highest BCUT2D eigenvalue weighted by Gasteiger charge is 2.45. The van der Waals surface area contributed by atoms with E-state index in [0.29, 0.717) is 6.42 Å². The number of methoxy groups -OCH3 is 2. The largest absolute Gasteiger partial charge is 0.496 e. The van der Waals surface area contributed by atoms with Crippen LogP contribution in [0.15, 0.2) is 36.4 Å². The highest BCUT2D eigenvalue weighted by molar-refractivity contribution is 7.95. The summed E-state index contributed by atoms with van der Waals surface area (Å²) in [5.41, 5.74) is -1.56. The van der Waals surface area contributed by atoms with Crippen LogP contribution in [0.5, 0.6) is 11.5 Å². The van der Waals surface area contributed by atoms with Gasteiger partial charge in [-0.05, 0) is 41.0 Å². The monoisotopic (exact) mass is 490 g/mol. The first kappa shape index (κ1) is 27.8. The third kappa shape index (κ3) is 5.60. The molecule has 2 rings (SSSR count). The summed E-state index contributed by atoms with van der Waals surface area (Å²) in [6.45, 7) is 7.12. The van der Waals surface area contributed by atoms with Crippen LogP contribution in [0, 0.1) is 11.3 Å². The van der Waals surface area contributed by atoms with Gasteiger partial charge in [0, 0.05) is 11.7 Å². The van der Waals surface area contributed by atoms with Crippen molar-refractivity contribution in [2.24, 2.45) is 11.3 Å². The molecule has 0 saturated heterocycles. The van der Waals surface area contributed by atoms with Gasteiger partial charge in [0.25, 0.3) is 0 Å². The van der Waals surface area contributed by atoms with E-state index in [1.54, 1.807) is 24.3 Å². The number of aliphatic hydroxyl groups is 2. The molecule has 0 amide bonds. The molecule has 2 atom stereocenters. The van der Waals surface area contributed by atoms with E-state index >= 15 is 0 Å². The van der Waals surface area contributed by atoms with Crippen molar-refractivity contribution < 1.29 is 33.8 Å². The van der Waals surface area contributed by atoms with E-state index in [4.69, 9.17) is 9.47 Å². The third-order valence-corrected chi connectivity index (χ3v) is 9.09. The number of rotatable bonds is 11. The Morgan fingerprint density at radius 3 is 1.74 bits per heavy atom. The molecular formula is C26H35O7P. The minimum absolute atomic E-state index is 0.0559. The van der Waals surface area contributed by atoms with Crippen LogP contribution in [0.4, 0.5) is 0 Å². The Morgan fingerprint density at radius 1 is 0.882 bits per heavy atom. The van der Waals surface area contributed by atoms with E-state index in [-0.39, 0.29) is 51.2 Å². The van der Waals surface area contributed by atoms with Crippen LogP contribution < -0.4 is 9.47 Å². The highest BCUT2D eigenvalue weighted by Crippen LogP contribution is 2.56. The van der Waals surface area contributed by atoms with Crippen molar-refractivity contribution >= 4 is 18.2 Å². The number of benzene rings is 2. The van der Waals surface area contributed by atoms with Crippen LogP contribution in [0.3, 0.4) is 0 Å². The first-order valence-corrected chi connectivity index (χ1v) is 13.1. The molecule has 7 nitrogen and oxygen atoms in total. The average Bonchev–Trinajstić information content (AvgIpc) is 2.84. The minimum atomic E-state index is -4.29. The number of carbonyl (C=O) groups is 2. The smallest absolute Gasteiger partial charge is 0.236 e. The number of aliphatic hydroxyl groups excluding tert-OH is 2. The van der Waals surface area contributed by atoms with Gasteiger partial charge >= 0.3 is 0 Å². The summed E-state index contributed by atoms with van der Waals surface area (Å²) in [6.07, 6.45) is 0.209. The van der Waals surface area contributed by atoms with E-state index in [9.17, 15) is 24.4 Å². The molecule has 0 aliphatic heterocycles. The van der Waals surface area contributed by atoms with Gasteiger partial charge in [0.2, 0.25) is 18.2 Å². The molecule has 0 aliphatic carbocycles. The fourth-order valence-corrected chi connectivity index (χ4v) is 6.29. The van der Waals surface area contributed by atoms with Gasteiger partial charge in [0.1, 0.15) is 17.1 Å². The number of hydrogen-bond acceptors (Lipinski definition) is 7. The first-order chi connectivity index (χ1) is 16.0. The van der Waals surface area contributed by atoms with Gasteiger partial charge in [0.15, 0.2) is 0 Å². The van der Waals surface area contributed by atoms with Gasteiger partial charge < -0.3 is 24.3 Å². The van der Waals surface area contributed by atoms with Gasteiger partial charge in [-0.1, -0.05) is 52.0 Å². The highest BCUT2D eigenvalue weighted by atomic mass is 31.2. The van der Waals surface area contributed by atoms with Gasteiger partial charge in [-0.3, -0.25) is 9.59 Å². The van der Waals surface area contributed by atoms with Crippen LogP contribution in [-0.2, 0) is 17.8 Å². The summed E-state index contributed by atoms with van der Waals surface area (Å²) < 4.78 is 25.2. The maximum Gasteiger partial charge on any atom is 0.236 e. The number of hydrogen-bond donors (Lipinski definition) is 2. The lowest BCUT2D eigenvalue weighted by Gasteiger charge is -2.29. The molecule has 0 fully saturated rings. The third-order valence-electron chi connectivity index (χ3n) is 6.44. The topological polar surface area (TPSA) is 110 Å². The molecule has 2 aromatic carbocycles. The van der Waals surface area contributed by atoms with Gasteiger partial charge in [0.05, 0.1) is 27.4 Å². The lowest BCUT2D eigenvalue weighted by atomic mass is 9.81. The Hall–Kier alpha value is -2.47. The maximum absolute atomic E-state index is 14.5. The Kier molecular flexibility index (Phi) is 9.23. The molecule has 8 heteroatoms. The van der Waals surface area contributed by atoms with Crippen LogP contribution >= 0.6 is 7.14 Å². The van der Waals surface area contributed by atoms with E-state index < -0.39 is 31.4 Å². The predicted molar refractivity (Wildman–Crippen MR) is 132 cm³/mol. The van der Waals surface area contributed by atoms with E-state index in [2.05, 4.69) is 0 Å². The summed E-state index contributed by atoms with van der Waals surface area (Å²) in [5, 5.41) is 19.7. The normalized spacial score (nSPS) is 14.2. The lowest BCUT2D eigenvalue weighted by molar-refractivity contribution is 0.103. The van der Waals surface area contributed by atoms with E-state index in [1.165, 1.54) is 26.4 Å². The van der Waals surface area contributed by atoms with Crippen LogP contribution in [-0.4, -0.2) is 41.6 Å². The Morgan fingerprint density at radius 2 is 1.32 bits per heavy atom. The maximum atomic E-state index is 14.5. The van der Waals surface area contributed by atoms with Crippen molar-refractivity contribution in [2.75, 3.05) is 20.4 Å². The van der Waals surface area contributed by atoms with Crippen LogP contribution in [0.25, 0.3) is 0 Å². The zero-order valence-corrected chi connectivity index (χ0v) is 21.6. The van der Waals surface area contributed by atoms with Crippen LogP contribution in [0.1, 0.15) is 66.0 Å². The molecule has 0 heterocycles. The van der Waals surface area contributed by atoms with E-state index in [0.717, 1.165) is 0 Å². The van der Waals surface area contributed by atoms with Crippen molar-refractivity contribution in [3.63, 3.8) is 0 Å². The summed E-state index contributed by atoms with van der Waals surface area (Å²) >= 11 is 0. The summed E-state index contributed by atoms with van der Waals surface area (Å²) in [7, 11) is -1.53. The summed E-state index contributed by atoms with van der Waals surface area (Å²) in [6, 6.07) is 9.34. The molecule has 186 valence electrons. The van der Waals surface area contributed by atoms with Gasteiger partial charge in [-0.15, -0.1) is 0 Å². The number of ether oxygens (including phenoxy) is 2. The standard InChI is InChI=1S/C26H35O7P/c1-17(26(2,3)4)13-14-34(31,24(29)22-18(15-27)9-7-10-19(22)16-28)25(30)23-20(32-5)11-8-12-21(23)33-6/h7-12,17,27-28H,13-16H2,1-6H3. The predicted octanol–water partition coefficient (Wildman–Crippen LogP) is 5.10. The molecule has 0 spiro atoms. The molecule has 0 aromatic heterocycles. The quantitative estimate of drug-likeness (QED) is 0.422. The van der Waals surface area contributed by atoms with Crippen LogP contribution in [0.2, 0.25) is 0 Å². The zero-order valence-electron chi connectivity index (χ0n) is 20.8. The second-order valence-electron chi connectivity index (χ2n) is 9.43. The average molecular weight is 491 g/mol. The minimum Gasteiger partial charge on any atom is -0.496 e. The molecule has 2 N–H and O–H groups in total. The molecule has 2 unspecified atom stereocenters. The van der Waals surface area contributed by atoms with Gasteiger partial charge in [-0.2, -0.15) is 0 Å². The van der Waals surface area contributed by atoms with Crippen molar-refractivity contribution in [2.45, 2.75) is 47.3 Å². The Balaban J connectivity index is 2.74. The second-order valence-corrected chi connectivity index (χ2v) is 12.2. The van der Waals surface area contributed by atoms with Crippen molar-refractivity contribution in [1.82, 2.24) is 0 Å². The molecular weight excluding hydrogens is 455 g/mol. The lowest BCUT2D eigenvalue weighted by Crippen LogP contribution is -2.22. The fourth-order valence-electron chi connectivity index (χ4n) is 3.72. The first-order valence-electron chi connectivity index (χ1n) is 11.2. The fraction of sp³-hybridized carbons (Fsp3) is 0.462. The summed E-state index contributed by atoms with van der Waals surface area (Å²) in [5.74, 6) is 0.365. The Labute approximate surface area is 201 Å². The molecule has 0 aliphatic rings. The van der Waals surface area contributed by atoms with Crippen molar-refractivity contribution in [3.05, 3.63) is 58.7 Å². The second kappa shape index (κ2) is 11.3. The Bertz CT molecular complexity index is 969. The molecule has 34 heavy (non-hydrogen) atoms. The van der Waals surface area contributed by atoms with Crippen molar-refractivity contribution in [3.8, 4) is 11.5 Å². The zero-order chi connectivity index (χ0) is 25.7. The molecule has 2 aromatic rings. The molecule has 0 bridgehead atoms. The van der Waals surface area contributed by atoms with Crippen molar-refractivity contribution in [1.29, 1.82) is 0 Å². The molecule has 0 radical (unpaired) electrons. The molecule has 0 saturated carbocycles. The van der Waals surface area contributed by atoms with E-state index in [1.807, 2.05) is 27.7 Å². The SMILES string of the molecule is COc1cccc(OC)c1C(=O)P(=O)(CCC(C)C(C)(C)C)C(=O)c1c(CO)cccc1CO. The van der Waals surface area contributed by atoms with Gasteiger partial charge in [-0.25, -0.2) is 0 Å².